The van der Waals surface area contributed by atoms with E-state index in [9.17, 15) is 9.59 Å². The standard InChI is InChI=1S/C18H16N2O2Se2/c21-15-18-20(12-14-9-5-2-6-10-14)16(22)17(23-24-18)19(15)11-13-7-3-1-4-8-13/h1-10,17-18H,11-12H2. The number of hydrogen-bond acceptors (Lipinski definition) is 2. The van der Waals surface area contributed by atoms with Crippen LogP contribution < -0.4 is 0 Å². The Balaban J connectivity index is 1.55. The number of benzene rings is 2. The van der Waals surface area contributed by atoms with Gasteiger partial charge in [0.05, 0.1) is 0 Å². The molecule has 0 aliphatic carbocycles. The number of piperazine rings is 1. The van der Waals surface area contributed by atoms with Crippen molar-refractivity contribution in [2.45, 2.75) is 23.0 Å². The van der Waals surface area contributed by atoms with E-state index in [1.54, 1.807) is 0 Å². The van der Waals surface area contributed by atoms with Crippen LogP contribution >= 0.6 is 0 Å². The molecule has 2 aromatic rings. The molecule has 3 aliphatic rings. The fraction of sp³-hybridized carbons (Fsp3) is 0.222. The summed E-state index contributed by atoms with van der Waals surface area (Å²) in [5.41, 5.74) is 2.17. The Kier molecular flexibility index (Phi) is 4.47. The summed E-state index contributed by atoms with van der Waals surface area (Å²) in [5, 5.41) is 0. The molecule has 0 saturated carbocycles. The predicted molar refractivity (Wildman–Crippen MR) is 93.1 cm³/mol. The maximum absolute atomic E-state index is 12.9. The first kappa shape index (κ1) is 15.9. The van der Waals surface area contributed by atoms with E-state index in [4.69, 9.17) is 0 Å². The number of amides is 2. The third-order valence-corrected chi connectivity index (χ3v) is 12.3. The number of rotatable bonds is 4. The number of nitrogens with zero attached hydrogens (tertiary/aromatic N) is 2. The zero-order valence-corrected chi connectivity index (χ0v) is 16.3. The topological polar surface area (TPSA) is 40.6 Å². The minimum absolute atomic E-state index is 0.132. The first-order valence-corrected chi connectivity index (χ1v) is 14.1. The van der Waals surface area contributed by atoms with Gasteiger partial charge >= 0.3 is 152 Å². The van der Waals surface area contributed by atoms with Gasteiger partial charge < -0.3 is 0 Å². The average Bonchev–Trinajstić information content (AvgIpc) is 2.62. The van der Waals surface area contributed by atoms with Crippen LogP contribution in [-0.4, -0.2) is 57.8 Å². The molecule has 0 aromatic heterocycles. The van der Waals surface area contributed by atoms with Crippen LogP contribution in [0, 0.1) is 0 Å². The normalized spacial score (nSPS) is 23.0. The molecule has 0 N–H and O–H groups in total. The van der Waals surface area contributed by atoms with E-state index in [1.807, 2.05) is 70.5 Å². The van der Waals surface area contributed by atoms with E-state index in [2.05, 4.69) is 0 Å². The first-order valence-electron chi connectivity index (χ1n) is 7.75. The molecule has 3 saturated heterocycles. The Morgan fingerprint density at radius 3 is 1.42 bits per heavy atom. The van der Waals surface area contributed by atoms with E-state index in [0.29, 0.717) is 13.1 Å². The van der Waals surface area contributed by atoms with Crippen molar-refractivity contribution >= 4 is 38.1 Å². The van der Waals surface area contributed by atoms with Crippen molar-refractivity contribution in [1.29, 1.82) is 0 Å². The quantitative estimate of drug-likeness (QED) is 0.654. The summed E-state index contributed by atoms with van der Waals surface area (Å²) in [7, 11) is 0. The fourth-order valence-corrected chi connectivity index (χ4v) is 11.8. The number of fused-ring (bicyclic) bond motifs is 3. The van der Waals surface area contributed by atoms with E-state index < -0.39 is 0 Å². The van der Waals surface area contributed by atoms with Crippen LogP contribution in [0.5, 0.6) is 0 Å². The summed E-state index contributed by atoms with van der Waals surface area (Å²) >= 11 is 0.454. The van der Waals surface area contributed by atoms with Gasteiger partial charge in [0.1, 0.15) is 0 Å². The van der Waals surface area contributed by atoms with Gasteiger partial charge in [0, 0.05) is 0 Å². The van der Waals surface area contributed by atoms with Crippen LogP contribution in [0.15, 0.2) is 60.7 Å². The summed E-state index contributed by atoms with van der Waals surface area (Å²) < 4.78 is 0. The molecule has 122 valence electrons. The first-order chi connectivity index (χ1) is 11.7. The molecule has 0 spiro atoms. The molecule has 4 nitrogen and oxygen atoms in total. The number of carbonyl (C=O) groups is 2. The average molecular weight is 450 g/mol. The van der Waals surface area contributed by atoms with Crippen LogP contribution in [0.3, 0.4) is 0 Å². The summed E-state index contributed by atoms with van der Waals surface area (Å²) in [4.78, 5) is 29.0. The van der Waals surface area contributed by atoms with Crippen LogP contribution in [0.1, 0.15) is 11.1 Å². The third-order valence-electron chi connectivity index (χ3n) is 4.18. The van der Waals surface area contributed by atoms with Gasteiger partial charge in [-0.15, -0.1) is 0 Å². The molecule has 3 fully saturated rings. The molecule has 2 unspecified atom stereocenters. The van der Waals surface area contributed by atoms with Crippen LogP contribution in [-0.2, 0) is 22.7 Å². The van der Waals surface area contributed by atoms with Crippen molar-refractivity contribution < 1.29 is 9.59 Å². The third kappa shape index (κ3) is 2.91. The molecule has 3 aliphatic heterocycles. The summed E-state index contributed by atoms with van der Waals surface area (Å²) in [6.45, 7) is 1.09. The van der Waals surface area contributed by atoms with Gasteiger partial charge in [0.15, 0.2) is 0 Å². The van der Waals surface area contributed by atoms with E-state index in [-0.39, 0.29) is 48.0 Å². The van der Waals surface area contributed by atoms with E-state index >= 15 is 0 Å². The summed E-state index contributed by atoms with van der Waals surface area (Å²) in [5.74, 6) is 0.264. The second-order valence-corrected chi connectivity index (χ2v) is 12.7. The summed E-state index contributed by atoms with van der Waals surface area (Å²) in [6, 6.07) is 19.9. The maximum atomic E-state index is 12.9. The molecule has 5 rings (SSSR count). The molecular weight excluding hydrogens is 434 g/mol. The number of carbonyl (C=O) groups excluding carboxylic acids is 2. The van der Waals surface area contributed by atoms with Crippen molar-refractivity contribution in [2.75, 3.05) is 0 Å². The van der Waals surface area contributed by atoms with Crippen molar-refractivity contribution in [2.24, 2.45) is 0 Å². The van der Waals surface area contributed by atoms with Gasteiger partial charge in [0.25, 0.3) is 0 Å². The van der Waals surface area contributed by atoms with Crippen molar-refractivity contribution in [3.05, 3.63) is 71.8 Å². The van der Waals surface area contributed by atoms with Crippen LogP contribution in [0.2, 0.25) is 0 Å². The number of hydrogen-bond donors (Lipinski definition) is 0. The molecule has 2 aromatic carbocycles. The molecule has 0 radical (unpaired) electrons. The van der Waals surface area contributed by atoms with Crippen molar-refractivity contribution in [3.8, 4) is 0 Å². The zero-order chi connectivity index (χ0) is 16.5. The van der Waals surface area contributed by atoms with Gasteiger partial charge in [-0.1, -0.05) is 0 Å². The Labute approximate surface area is 152 Å². The van der Waals surface area contributed by atoms with Gasteiger partial charge in [0.2, 0.25) is 0 Å². The molecule has 2 amide bonds. The second-order valence-electron chi connectivity index (χ2n) is 5.80. The SMILES string of the molecule is O=C1C2[Se][Se]C(C(=O)N2Cc2ccccc2)N1Cc1ccccc1. The molecule has 2 bridgehead atoms. The van der Waals surface area contributed by atoms with Crippen LogP contribution in [0.4, 0.5) is 0 Å². The predicted octanol–water partition coefficient (Wildman–Crippen LogP) is 1.05. The molecule has 24 heavy (non-hydrogen) atoms. The fourth-order valence-electron chi connectivity index (χ4n) is 2.95. The Morgan fingerprint density at radius 2 is 1.04 bits per heavy atom. The van der Waals surface area contributed by atoms with Gasteiger partial charge in [-0.2, -0.15) is 0 Å². The van der Waals surface area contributed by atoms with E-state index in [1.165, 1.54) is 0 Å². The molecule has 6 heteroatoms. The minimum atomic E-state index is -0.223. The van der Waals surface area contributed by atoms with Gasteiger partial charge in [-0.3, -0.25) is 0 Å². The summed E-state index contributed by atoms with van der Waals surface area (Å²) in [6.07, 6.45) is 0. The Hall–Kier alpha value is -1.58. The van der Waals surface area contributed by atoms with Crippen LogP contribution in [0.25, 0.3) is 0 Å². The second kappa shape index (κ2) is 6.73. The zero-order valence-electron chi connectivity index (χ0n) is 12.9. The van der Waals surface area contributed by atoms with Crippen molar-refractivity contribution in [3.63, 3.8) is 0 Å². The van der Waals surface area contributed by atoms with Gasteiger partial charge in [-0.05, 0) is 0 Å². The Bertz CT molecular complexity index is 689. The van der Waals surface area contributed by atoms with Crippen molar-refractivity contribution in [1.82, 2.24) is 9.80 Å². The van der Waals surface area contributed by atoms with Gasteiger partial charge in [-0.25, -0.2) is 0 Å². The Morgan fingerprint density at radius 1 is 0.667 bits per heavy atom. The monoisotopic (exact) mass is 452 g/mol. The molecular formula is C18H16N2O2Se2. The molecule has 2 atom stereocenters. The molecule has 3 heterocycles. The van der Waals surface area contributed by atoms with E-state index in [0.717, 1.165) is 11.1 Å².